The molecule has 0 aliphatic heterocycles. The van der Waals surface area contributed by atoms with Crippen LogP contribution in [0.4, 0.5) is 5.95 Å². The summed E-state index contributed by atoms with van der Waals surface area (Å²) in [5, 5.41) is 10.4. The van der Waals surface area contributed by atoms with Crippen molar-refractivity contribution in [1.82, 2.24) is 15.2 Å². The lowest BCUT2D eigenvalue weighted by Gasteiger charge is -2.02. The van der Waals surface area contributed by atoms with E-state index in [0.29, 0.717) is 5.92 Å². The summed E-state index contributed by atoms with van der Waals surface area (Å²) in [6.45, 7) is 1.63. The Bertz CT molecular complexity index is 307. The van der Waals surface area contributed by atoms with Gasteiger partial charge in [0.2, 0.25) is 5.95 Å². The summed E-state index contributed by atoms with van der Waals surface area (Å²) in [4.78, 5) is 4.47. The number of rotatable bonds is 6. The first-order valence-electron chi connectivity index (χ1n) is 6.05. The van der Waals surface area contributed by atoms with Crippen LogP contribution in [0.15, 0.2) is 0 Å². The van der Waals surface area contributed by atoms with Crippen LogP contribution in [0.5, 0.6) is 0 Å². The van der Waals surface area contributed by atoms with Crippen molar-refractivity contribution in [2.45, 2.75) is 38.0 Å². The number of methoxy groups -OCH3 is 1. The normalized spacial score (nSPS) is 16.8. The van der Waals surface area contributed by atoms with Crippen LogP contribution in [-0.2, 0) is 4.74 Å². The summed E-state index contributed by atoms with van der Waals surface area (Å²) in [6, 6.07) is 0. The van der Waals surface area contributed by atoms with Gasteiger partial charge in [-0.3, -0.25) is 5.10 Å². The Morgan fingerprint density at radius 1 is 1.44 bits per heavy atom. The Hall–Kier alpha value is -1.10. The van der Waals surface area contributed by atoms with E-state index in [-0.39, 0.29) is 0 Å². The standard InChI is InChI=1S/C11H20N4O/c1-16-8-4-7-12-11-13-10(14-15-11)9-5-2-3-6-9/h9H,2-8H2,1H3,(H2,12,13,14,15). The lowest BCUT2D eigenvalue weighted by Crippen LogP contribution is -2.05. The molecule has 1 fully saturated rings. The third kappa shape index (κ3) is 2.95. The van der Waals surface area contributed by atoms with Gasteiger partial charge in [-0.2, -0.15) is 4.98 Å². The van der Waals surface area contributed by atoms with Crippen LogP contribution in [0, 0.1) is 0 Å². The third-order valence-corrected chi connectivity index (χ3v) is 3.05. The highest BCUT2D eigenvalue weighted by atomic mass is 16.5. The number of nitrogens with one attached hydrogen (secondary N) is 2. The predicted octanol–water partition coefficient (Wildman–Crippen LogP) is 1.91. The van der Waals surface area contributed by atoms with Crippen molar-refractivity contribution in [2.75, 3.05) is 25.6 Å². The number of aromatic amines is 1. The first-order valence-corrected chi connectivity index (χ1v) is 6.05. The van der Waals surface area contributed by atoms with Gasteiger partial charge in [-0.1, -0.05) is 12.8 Å². The van der Waals surface area contributed by atoms with E-state index < -0.39 is 0 Å². The predicted molar refractivity (Wildman–Crippen MR) is 62.6 cm³/mol. The zero-order chi connectivity index (χ0) is 11.2. The highest BCUT2D eigenvalue weighted by Gasteiger charge is 2.20. The van der Waals surface area contributed by atoms with Crippen molar-refractivity contribution in [1.29, 1.82) is 0 Å². The van der Waals surface area contributed by atoms with Crippen LogP contribution >= 0.6 is 0 Å². The van der Waals surface area contributed by atoms with E-state index in [1.807, 2.05) is 0 Å². The second kappa shape index (κ2) is 5.84. The Labute approximate surface area is 96.0 Å². The minimum absolute atomic E-state index is 0.599. The van der Waals surface area contributed by atoms with Crippen LogP contribution in [0.25, 0.3) is 0 Å². The number of nitrogens with zero attached hydrogens (tertiary/aromatic N) is 2. The lowest BCUT2D eigenvalue weighted by atomic mass is 10.1. The van der Waals surface area contributed by atoms with Crippen molar-refractivity contribution >= 4 is 5.95 Å². The number of hydrogen-bond acceptors (Lipinski definition) is 4. The molecule has 1 aromatic rings. The number of hydrogen-bond donors (Lipinski definition) is 2. The SMILES string of the molecule is COCCCNc1n[nH]c(C2CCCC2)n1. The molecule has 1 aliphatic carbocycles. The van der Waals surface area contributed by atoms with E-state index in [9.17, 15) is 0 Å². The maximum atomic E-state index is 4.98. The first-order chi connectivity index (χ1) is 7.90. The molecule has 1 saturated carbocycles. The molecule has 1 aromatic heterocycles. The Kier molecular flexibility index (Phi) is 4.16. The molecule has 0 aromatic carbocycles. The maximum absolute atomic E-state index is 4.98. The molecule has 5 nitrogen and oxygen atoms in total. The zero-order valence-electron chi connectivity index (χ0n) is 9.83. The fraction of sp³-hybridized carbons (Fsp3) is 0.818. The Balaban J connectivity index is 1.77. The van der Waals surface area contributed by atoms with Gasteiger partial charge in [-0.15, -0.1) is 5.10 Å². The van der Waals surface area contributed by atoms with Crippen LogP contribution in [0.3, 0.4) is 0 Å². The molecular weight excluding hydrogens is 204 g/mol. The molecular formula is C11H20N4O. The molecule has 1 aliphatic rings. The maximum Gasteiger partial charge on any atom is 0.242 e. The number of ether oxygens (including phenoxy) is 1. The van der Waals surface area contributed by atoms with Crippen molar-refractivity contribution in [3.8, 4) is 0 Å². The molecule has 0 unspecified atom stereocenters. The highest BCUT2D eigenvalue weighted by Crippen LogP contribution is 2.32. The Morgan fingerprint density at radius 3 is 3.00 bits per heavy atom. The van der Waals surface area contributed by atoms with Gasteiger partial charge in [0.1, 0.15) is 5.82 Å². The van der Waals surface area contributed by atoms with E-state index in [0.717, 1.165) is 31.3 Å². The fourth-order valence-corrected chi connectivity index (χ4v) is 2.15. The highest BCUT2D eigenvalue weighted by molar-refractivity contribution is 5.23. The second-order valence-corrected chi connectivity index (χ2v) is 4.30. The summed E-state index contributed by atoms with van der Waals surface area (Å²) in [7, 11) is 1.71. The van der Waals surface area contributed by atoms with Crippen molar-refractivity contribution in [3.63, 3.8) is 0 Å². The summed E-state index contributed by atoms with van der Waals surface area (Å²) < 4.78 is 4.98. The summed E-state index contributed by atoms with van der Waals surface area (Å²) in [6.07, 6.45) is 6.12. The largest absolute Gasteiger partial charge is 0.385 e. The van der Waals surface area contributed by atoms with Gasteiger partial charge in [-0.25, -0.2) is 0 Å². The fourth-order valence-electron chi connectivity index (χ4n) is 2.15. The van der Waals surface area contributed by atoms with Crippen molar-refractivity contribution in [2.24, 2.45) is 0 Å². The molecule has 2 N–H and O–H groups in total. The molecule has 1 heterocycles. The summed E-state index contributed by atoms with van der Waals surface area (Å²) >= 11 is 0. The van der Waals surface area contributed by atoms with E-state index in [1.54, 1.807) is 7.11 Å². The van der Waals surface area contributed by atoms with E-state index in [4.69, 9.17) is 4.74 Å². The average Bonchev–Trinajstić information content (AvgIpc) is 2.94. The molecule has 0 spiro atoms. The quantitative estimate of drug-likeness (QED) is 0.724. The monoisotopic (exact) mass is 224 g/mol. The van der Waals surface area contributed by atoms with Crippen LogP contribution < -0.4 is 5.32 Å². The van der Waals surface area contributed by atoms with Crippen LogP contribution in [0.2, 0.25) is 0 Å². The summed E-state index contributed by atoms with van der Waals surface area (Å²) in [5.74, 6) is 2.37. The molecule has 0 atom stereocenters. The number of anilines is 1. The van der Waals surface area contributed by atoms with Crippen LogP contribution in [-0.4, -0.2) is 35.4 Å². The molecule has 5 heteroatoms. The number of H-pyrrole nitrogens is 1. The van der Waals surface area contributed by atoms with Crippen molar-refractivity contribution < 1.29 is 4.74 Å². The van der Waals surface area contributed by atoms with Gasteiger partial charge in [0.05, 0.1) is 0 Å². The van der Waals surface area contributed by atoms with Gasteiger partial charge in [-0.05, 0) is 19.3 Å². The van der Waals surface area contributed by atoms with Gasteiger partial charge < -0.3 is 10.1 Å². The Morgan fingerprint density at radius 2 is 2.25 bits per heavy atom. The van der Waals surface area contributed by atoms with Gasteiger partial charge in [0.15, 0.2) is 0 Å². The van der Waals surface area contributed by atoms with Crippen LogP contribution in [0.1, 0.15) is 43.8 Å². The zero-order valence-corrected chi connectivity index (χ0v) is 9.83. The topological polar surface area (TPSA) is 62.8 Å². The van der Waals surface area contributed by atoms with E-state index in [2.05, 4.69) is 20.5 Å². The smallest absolute Gasteiger partial charge is 0.242 e. The lowest BCUT2D eigenvalue weighted by molar-refractivity contribution is 0.197. The molecule has 90 valence electrons. The van der Waals surface area contributed by atoms with Crippen molar-refractivity contribution in [3.05, 3.63) is 5.82 Å². The minimum atomic E-state index is 0.599. The molecule has 0 saturated heterocycles. The van der Waals surface area contributed by atoms with E-state index in [1.165, 1.54) is 25.7 Å². The third-order valence-electron chi connectivity index (χ3n) is 3.05. The molecule has 0 bridgehead atoms. The minimum Gasteiger partial charge on any atom is -0.385 e. The van der Waals surface area contributed by atoms with E-state index >= 15 is 0 Å². The molecule has 2 rings (SSSR count). The average molecular weight is 224 g/mol. The van der Waals surface area contributed by atoms with Gasteiger partial charge in [0.25, 0.3) is 0 Å². The second-order valence-electron chi connectivity index (χ2n) is 4.30. The molecule has 0 radical (unpaired) electrons. The summed E-state index contributed by atoms with van der Waals surface area (Å²) in [5.41, 5.74) is 0. The molecule has 16 heavy (non-hydrogen) atoms. The van der Waals surface area contributed by atoms with Gasteiger partial charge >= 0.3 is 0 Å². The first kappa shape index (κ1) is 11.4. The molecule has 0 amide bonds. The van der Waals surface area contributed by atoms with Gasteiger partial charge in [0, 0.05) is 26.2 Å². The number of aromatic nitrogens is 3.